The van der Waals surface area contributed by atoms with Gasteiger partial charge in [0, 0.05) is 17.8 Å². The van der Waals surface area contributed by atoms with Gasteiger partial charge in [-0.2, -0.15) is 0 Å². The van der Waals surface area contributed by atoms with Crippen molar-refractivity contribution in [1.29, 1.82) is 0 Å². The quantitative estimate of drug-likeness (QED) is 0.283. The molecule has 2 aromatic carbocycles. The Balaban J connectivity index is 2.21. The van der Waals surface area contributed by atoms with E-state index in [4.69, 9.17) is 21.1 Å². The van der Waals surface area contributed by atoms with Crippen LogP contribution in [0.25, 0.3) is 5.57 Å². The third-order valence-corrected chi connectivity index (χ3v) is 3.85. The third kappa shape index (κ3) is 4.10. The van der Waals surface area contributed by atoms with Gasteiger partial charge >= 0.3 is 5.97 Å². The molecule has 1 aromatic heterocycles. The minimum Gasteiger partial charge on any atom is -0.463 e. The van der Waals surface area contributed by atoms with E-state index in [1.165, 1.54) is 19.4 Å². The van der Waals surface area contributed by atoms with Crippen molar-refractivity contribution in [2.24, 2.45) is 0 Å². The second kappa shape index (κ2) is 8.32. The molecule has 0 N–H and O–H groups in total. The highest BCUT2D eigenvalue weighted by atomic mass is 35.5. The molecule has 0 spiro atoms. The van der Waals surface area contributed by atoms with Crippen LogP contribution in [0.3, 0.4) is 0 Å². The van der Waals surface area contributed by atoms with Crippen molar-refractivity contribution >= 4 is 23.1 Å². The number of pyridine rings is 1. The minimum atomic E-state index is -0.583. The maximum absolute atomic E-state index is 12.5. The molecular formula is C21H16ClNO3. The smallest absolute Gasteiger partial charge is 0.374 e. The second-order valence-corrected chi connectivity index (χ2v) is 5.73. The average Bonchev–Trinajstić information content (AvgIpc) is 2.68. The Bertz CT molecular complexity index is 883. The molecule has 5 heteroatoms. The predicted molar refractivity (Wildman–Crippen MR) is 101 cm³/mol. The number of benzene rings is 2. The molecule has 0 saturated carbocycles. The van der Waals surface area contributed by atoms with Crippen LogP contribution in [0, 0.1) is 0 Å². The number of methoxy groups -OCH3 is 1. The van der Waals surface area contributed by atoms with Crippen LogP contribution in [0.4, 0.5) is 0 Å². The summed E-state index contributed by atoms with van der Waals surface area (Å²) >= 11 is 5.93. The largest absolute Gasteiger partial charge is 0.463 e. The molecule has 0 atom stereocenters. The summed E-state index contributed by atoms with van der Waals surface area (Å²) in [6.07, 6.45) is 1.51. The van der Waals surface area contributed by atoms with Crippen molar-refractivity contribution < 1.29 is 14.3 Å². The summed E-state index contributed by atoms with van der Waals surface area (Å²) in [6.45, 7) is 0. The Morgan fingerprint density at radius 2 is 1.50 bits per heavy atom. The van der Waals surface area contributed by atoms with Gasteiger partial charge in [-0.25, -0.2) is 9.78 Å². The van der Waals surface area contributed by atoms with E-state index >= 15 is 0 Å². The summed E-state index contributed by atoms with van der Waals surface area (Å²) in [7, 11) is 1.32. The van der Waals surface area contributed by atoms with Crippen LogP contribution in [0.1, 0.15) is 11.1 Å². The highest BCUT2D eigenvalue weighted by Crippen LogP contribution is 2.29. The zero-order valence-electron chi connectivity index (χ0n) is 14.1. The molecule has 0 aliphatic rings. The number of ether oxygens (including phenoxy) is 2. The Morgan fingerprint density at radius 3 is 2.00 bits per heavy atom. The van der Waals surface area contributed by atoms with Crippen molar-refractivity contribution in [1.82, 2.24) is 4.98 Å². The number of aromatic nitrogens is 1. The highest BCUT2D eigenvalue weighted by Gasteiger charge is 2.22. The van der Waals surface area contributed by atoms with Gasteiger partial charge in [-0.05, 0) is 17.2 Å². The first-order valence-electron chi connectivity index (χ1n) is 7.92. The van der Waals surface area contributed by atoms with Crippen molar-refractivity contribution in [3.05, 3.63) is 101 Å². The maximum Gasteiger partial charge on any atom is 0.374 e. The van der Waals surface area contributed by atoms with Gasteiger partial charge in [-0.1, -0.05) is 72.3 Å². The molecule has 0 aliphatic carbocycles. The summed E-state index contributed by atoms with van der Waals surface area (Å²) in [6, 6.07) is 22.2. The Hall–Kier alpha value is -3.11. The predicted octanol–water partition coefficient (Wildman–Crippen LogP) is 4.75. The minimum absolute atomic E-state index is 0.0761. The van der Waals surface area contributed by atoms with E-state index in [-0.39, 0.29) is 10.9 Å². The molecule has 3 rings (SSSR count). The van der Waals surface area contributed by atoms with E-state index in [1.54, 1.807) is 6.07 Å². The number of halogens is 1. The summed E-state index contributed by atoms with van der Waals surface area (Å²) in [4.78, 5) is 16.5. The van der Waals surface area contributed by atoms with Crippen molar-refractivity contribution in [2.45, 2.75) is 0 Å². The molecular weight excluding hydrogens is 350 g/mol. The van der Waals surface area contributed by atoms with Crippen molar-refractivity contribution in [3.8, 4) is 5.75 Å². The SMILES string of the molecule is COC(=O)C(Oc1ccnc(Cl)c1)=C(c1ccccc1)c1ccccc1. The van der Waals surface area contributed by atoms with Crippen LogP contribution in [0.15, 0.2) is 84.8 Å². The molecule has 26 heavy (non-hydrogen) atoms. The number of nitrogens with zero attached hydrogens (tertiary/aromatic N) is 1. The van der Waals surface area contributed by atoms with E-state index in [9.17, 15) is 4.79 Å². The average molecular weight is 366 g/mol. The van der Waals surface area contributed by atoms with E-state index in [0.29, 0.717) is 11.3 Å². The molecule has 0 bridgehead atoms. The standard InChI is InChI=1S/C21H16ClNO3/c1-25-21(24)20(26-17-12-13-23-18(22)14-17)19(15-8-4-2-5-9-15)16-10-6-3-7-11-16/h2-14H,1H3. The van der Waals surface area contributed by atoms with Gasteiger partial charge in [0.1, 0.15) is 10.9 Å². The molecule has 1 heterocycles. The van der Waals surface area contributed by atoms with E-state index in [0.717, 1.165) is 11.1 Å². The fourth-order valence-corrected chi connectivity index (χ4v) is 2.66. The van der Waals surface area contributed by atoms with E-state index < -0.39 is 5.97 Å². The first-order chi connectivity index (χ1) is 12.7. The summed E-state index contributed by atoms with van der Waals surface area (Å²) in [5.74, 6) is -0.109. The molecule has 4 nitrogen and oxygen atoms in total. The molecule has 130 valence electrons. The van der Waals surface area contributed by atoms with Gasteiger partial charge in [0.2, 0.25) is 5.76 Å². The fraction of sp³-hybridized carbons (Fsp3) is 0.0476. The van der Waals surface area contributed by atoms with Crippen LogP contribution in [0.5, 0.6) is 5.75 Å². The maximum atomic E-state index is 12.5. The van der Waals surface area contributed by atoms with Crippen LogP contribution >= 0.6 is 11.6 Å². The lowest BCUT2D eigenvalue weighted by Gasteiger charge is -2.15. The van der Waals surface area contributed by atoms with Crippen LogP contribution < -0.4 is 4.74 Å². The van der Waals surface area contributed by atoms with Gasteiger partial charge in [0.25, 0.3) is 0 Å². The van der Waals surface area contributed by atoms with Crippen LogP contribution in [-0.2, 0) is 9.53 Å². The Labute approximate surface area is 156 Å². The van der Waals surface area contributed by atoms with E-state index in [2.05, 4.69) is 4.98 Å². The number of carbonyl (C=O) groups is 1. The zero-order valence-corrected chi connectivity index (χ0v) is 14.8. The third-order valence-electron chi connectivity index (χ3n) is 3.64. The molecule has 0 aliphatic heterocycles. The zero-order chi connectivity index (χ0) is 18.4. The van der Waals surface area contributed by atoms with Gasteiger partial charge in [-0.3, -0.25) is 0 Å². The first kappa shape index (κ1) is 17.7. The summed E-state index contributed by atoms with van der Waals surface area (Å²) < 4.78 is 10.9. The molecule has 0 unspecified atom stereocenters. The summed E-state index contributed by atoms with van der Waals surface area (Å²) in [5.41, 5.74) is 2.30. The van der Waals surface area contributed by atoms with Gasteiger partial charge in [-0.15, -0.1) is 0 Å². The lowest BCUT2D eigenvalue weighted by Crippen LogP contribution is -2.14. The van der Waals surface area contributed by atoms with Crippen LogP contribution in [-0.4, -0.2) is 18.1 Å². The number of carbonyl (C=O) groups excluding carboxylic acids is 1. The van der Waals surface area contributed by atoms with Gasteiger partial charge in [0.05, 0.1) is 7.11 Å². The number of rotatable bonds is 5. The Kier molecular flexibility index (Phi) is 5.66. The number of esters is 1. The number of hydrogen-bond acceptors (Lipinski definition) is 4. The molecule has 0 saturated heterocycles. The Morgan fingerprint density at radius 1 is 0.923 bits per heavy atom. The molecule has 0 radical (unpaired) electrons. The van der Waals surface area contributed by atoms with Crippen LogP contribution in [0.2, 0.25) is 5.15 Å². The fourth-order valence-electron chi connectivity index (χ4n) is 2.49. The topological polar surface area (TPSA) is 48.4 Å². The monoisotopic (exact) mass is 365 g/mol. The summed E-state index contributed by atoms with van der Waals surface area (Å²) in [5, 5.41) is 0.271. The normalized spacial score (nSPS) is 10.1. The van der Waals surface area contributed by atoms with E-state index in [1.807, 2.05) is 60.7 Å². The van der Waals surface area contributed by atoms with Gasteiger partial charge < -0.3 is 9.47 Å². The van der Waals surface area contributed by atoms with Crippen molar-refractivity contribution in [2.75, 3.05) is 7.11 Å². The molecule has 0 amide bonds. The highest BCUT2D eigenvalue weighted by molar-refractivity contribution is 6.29. The second-order valence-electron chi connectivity index (χ2n) is 5.34. The number of hydrogen-bond donors (Lipinski definition) is 0. The van der Waals surface area contributed by atoms with Crippen molar-refractivity contribution in [3.63, 3.8) is 0 Å². The lowest BCUT2D eigenvalue weighted by molar-refractivity contribution is -0.138. The molecule has 0 fully saturated rings. The first-order valence-corrected chi connectivity index (χ1v) is 8.29. The molecule has 3 aromatic rings. The van der Waals surface area contributed by atoms with Gasteiger partial charge in [0.15, 0.2) is 0 Å². The lowest BCUT2D eigenvalue weighted by atomic mass is 9.96.